The molecular formula is C22H42O7. The first-order valence-electron chi connectivity index (χ1n) is 10.7. The maximum absolute atomic E-state index is 11.2. The van der Waals surface area contributed by atoms with Crippen LogP contribution < -0.4 is 0 Å². The minimum absolute atomic E-state index is 0.0220. The van der Waals surface area contributed by atoms with Gasteiger partial charge in [-0.1, -0.05) is 54.4 Å². The zero-order chi connectivity index (χ0) is 22.8. The van der Waals surface area contributed by atoms with Crippen molar-refractivity contribution in [2.45, 2.75) is 117 Å². The number of aliphatic hydroxyl groups is 3. The summed E-state index contributed by atoms with van der Waals surface area (Å²) in [4.78, 5) is 21.5. The molecule has 0 aromatic rings. The average Bonchev–Trinajstić information content (AvgIpc) is 2.53. The molecule has 0 radical (unpaired) electrons. The first-order chi connectivity index (χ1) is 13.2. The predicted octanol–water partition coefficient (Wildman–Crippen LogP) is 3.28. The highest BCUT2D eigenvalue weighted by molar-refractivity contribution is 5.71. The van der Waals surface area contributed by atoms with Gasteiger partial charge in [-0.25, -0.2) is 0 Å². The van der Waals surface area contributed by atoms with E-state index in [1.807, 2.05) is 20.8 Å². The summed E-state index contributed by atoms with van der Waals surface area (Å²) in [5.74, 6) is -1.30. The third-order valence-electron chi connectivity index (χ3n) is 5.63. The number of carbonyl (C=O) groups is 2. The van der Waals surface area contributed by atoms with E-state index in [-0.39, 0.29) is 42.2 Å². The molecule has 172 valence electrons. The van der Waals surface area contributed by atoms with Crippen LogP contribution in [0.1, 0.15) is 92.9 Å². The third kappa shape index (κ3) is 11.0. The number of hydrogen-bond donors (Lipinski definition) is 4. The maximum atomic E-state index is 11.2. The van der Waals surface area contributed by atoms with Crippen LogP contribution in [0.25, 0.3) is 0 Å². The average molecular weight is 419 g/mol. The Balaban J connectivity index is 0.000000541. The molecule has 0 aromatic carbocycles. The third-order valence-corrected chi connectivity index (χ3v) is 5.63. The van der Waals surface area contributed by atoms with Crippen molar-refractivity contribution in [3.8, 4) is 0 Å². The summed E-state index contributed by atoms with van der Waals surface area (Å²) in [5.41, 5.74) is -0.292. The molecule has 1 heterocycles. The number of aliphatic carboxylic acids is 1. The zero-order valence-electron chi connectivity index (χ0n) is 19.0. The number of rotatable bonds is 10. The van der Waals surface area contributed by atoms with Crippen LogP contribution in [-0.2, 0) is 14.3 Å². The number of cyclic esters (lactones) is 1. The fourth-order valence-corrected chi connectivity index (χ4v) is 3.73. The minimum Gasteiger partial charge on any atom is -0.481 e. The van der Waals surface area contributed by atoms with Gasteiger partial charge in [-0.3, -0.25) is 9.59 Å². The highest BCUT2D eigenvalue weighted by Gasteiger charge is 2.37. The molecule has 1 saturated heterocycles. The Hall–Kier alpha value is -1.18. The molecule has 1 aliphatic rings. The van der Waals surface area contributed by atoms with Crippen LogP contribution in [0, 0.1) is 10.8 Å². The standard InChI is InChI=1S/C11H22O4.C11H20O3/c1-4-5-11(2,3)9(13)6-8(12)7-10(14)15;1-4-5-11(2,3)9-6-8(12)7-10(13)14-9/h8-9,12-13H,4-7H2,1-3H3,(H,14,15);8-9,12H,4-7H2,1-3H3/t2*8-,9?/m11/s1. The summed E-state index contributed by atoms with van der Waals surface area (Å²) in [6.45, 7) is 12.2. The Kier molecular flexibility index (Phi) is 12.0. The van der Waals surface area contributed by atoms with Crippen LogP contribution in [0.15, 0.2) is 0 Å². The fourth-order valence-electron chi connectivity index (χ4n) is 3.73. The molecule has 0 bridgehead atoms. The molecule has 0 aromatic heterocycles. The van der Waals surface area contributed by atoms with E-state index in [1.165, 1.54) is 0 Å². The van der Waals surface area contributed by atoms with Crippen molar-refractivity contribution in [2.75, 3.05) is 0 Å². The summed E-state index contributed by atoms with van der Waals surface area (Å²) in [7, 11) is 0. The van der Waals surface area contributed by atoms with Crippen LogP contribution in [0.4, 0.5) is 0 Å². The molecule has 0 aliphatic carbocycles. The van der Waals surface area contributed by atoms with Crippen molar-refractivity contribution in [3.63, 3.8) is 0 Å². The number of esters is 1. The molecule has 29 heavy (non-hydrogen) atoms. The summed E-state index contributed by atoms with van der Waals surface area (Å²) < 4.78 is 5.28. The summed E-state index contributed by atoms with van der Waals surface area (Å²) in [5, 5.41) is 37.2. The fraction of sp³-hybridized carbons (Fsp3) is 0.909. The smallest absolute Gasteiger partial charge is 0.308 e. The van der Waals surface area contributed by atoms with Crippen molar-refractivity contribution in [2.24, 2.45) is 10.8 Å². The van der Waals surface area contributed by atoms with E-state index in [0.29, 0.717) is 6.42 Å². The summed E-state index contributed by atoms with van der Waals surface area (Å²) in [6.07, 6.45) is 2.18. The zero-order valence-corrected chi connectivity index (χ0v) is 19.0. The van der Waals surface area contributed by atoms with E-state index in [9.17, 15) is 24.9 Å². The number of carboxylic acids is 1. The Morgan fingerprint density at radius 1 is 1.14 bits per heavy atom. The number of carbonyl (C=O) groups excluding carboxylic acids is 1. The van der Waals surface area contributed by atoms with E-state index < -0.39 is 24.3 Å². The predicted molar refractivity (Wildman–Crippen MR) is 111 cm³/mol. The van der Waals surface area contributed by atoms with Gasteiger partial charge in [0.25, 0.3) is 0 Å². The normalized spacial score (nSPS) is 22.2. The van der Waals surface area contributed by atoms with Crippen molar-refractivity contribution in [1.29, 1.82) is 0 Å². The van der Waals surface area contributed by atoms with Crippen LogP contribution in [0.3, 0.4) is 0 Å². The first kappa shape index (κ1) is 27.8. The quantitative estimate of drug-likeness (QED) is 0.401. The molecule has 0 spiro atoms. The largest absolute Gasteiger partial charge is 0.481 e. The van der Waals surface area contributed by atoms with Gasteiger partial charge < -0.3 is 25.2 Å². The lowest BCUT2D eigenvalue weighted by Crippen LogP contribution is -2.41. The van der Waals surface area contributed by atoms with Crippen molar-refractivity contribution in [3.05, 3.63) is 0 Å². The number of hydrogen-bond acceptors (Lipinski definition) is 6. The van der Waals surface area contributed by atoms with Gasteiger partial charge >= 0.3 is 11.9 Å². The lowest BCUT2D eigenvalue weighted by Gasteiger charge is -2.37. The van der Waals surface area contributed by atoms with Crippen LogP contribution >= 0.6 is 0 Å². The Bertz CT molecular complexity index is 501. The van der Waals surface area contributed by atoms with E-state index >= 15 is 0 Å². The van der Waals surface area contributed by atoms with Crippen LogP contribution in [0.2, 0.25) is 0 Å². The van der Waals surface area contributed by atoms with Gasteiger partial charge in [-0.05, 0) is 18.3 Å². The molecule has 7 nitrogen and oxygen atoms in total. The van der Waals surface area contributed by atoms with Gasteiger partial charge in [0.05, 0.1) is 31.2 Å². The van der Waals surface area contributed by atoms with Crippen LogP contribution in [-0.4, -0.2) is 56.8 Å². The SMILES string of the molecule is CCCC(C)(C)C(O)C[C@@H](O)CC(=O)O.CCCC(C)(C)C1C[C@@H](O)CC(=O)O1. The summed E-state index contributed by atoms with van der Waals surface area (Å²) in [6, 6.07) is 0. The number of ether oxygens (including phenoxy) is 1. The molecule has 1 aliphatic heterocycles. The van der Waals surface area contributed by atoms with E-state index in [2.05, 4.69) is 20.8 Å². The Morgan fingerprint density at radius 2 is 1.69 bits per heavy atom. The van der Waals surface area contributed by atoms with Crippen LogP contribution in [0.5, 0.6) is 0 Å². The monoisotopic (exact) mass is 418 g/mol. The first-order valence-corrected chi connectivity index (χ1v) is 10.7. The second kappa shape index (κ2) is 12.5. The van der Waals surface area contributed by atoms with Gasteiger partial charge in [-0.15, -0.1) is 0 Å². The molecule has 1 fully saturated rings. The van der Waals surface area contributed by atoms with Crippen molar-refractivity contribution >= 4 is 11.9 Å². The second-order valence-electron chi connectivity index (χ2n) is 9.55. The van der Waals surface area contributed by atoms with Gasteiger partial charge in [0, 0.05) is 18.3 Å². The molecular weight excluding hydrogens is 376 g/mol. The number of aliphatic hydroxyl groups excluding tert-OH is 3. The van der Waals surface area contributed by atoms with E-state index in [0.717, 1.165) is 25.7 Å². The molecule has 4 atom stereocenters. The molecule has 1 rings (SSSR count). The summed E-state index contributed by atoms with van der Waals surface area (Å²) >= 11 is 0. The molecule has 2 unspecified atom stereocenters. The maximum Gasteiger partial charge on any atom is 0.308 e. The molecule has 7 heteroatoms. The van der Waals surface area contributed by atoms with E-state index in [1.54, 1.807) is 0 Å². The molecule has 0 amide bonds. The minimum atomic E-state index is -1.04. The van der Waals surface area contributed by atoms with Gasteiger partial charge in [0.2, 0.25) is 0 Å². The van der Waals surface area contributed by atoms with E-state index in [4.69, 9.17) is 9.84 Å². The highest BCUT2D eigenvalue weighted by Crippen LogP contribution is 2.34. The molecule has 4 N–H and O–H groups in total. The lowest BCUT2D eigenvalue weighted by atomic mass is 9.78. The van der Waals surface area contributed by atoms with Gasteiger partial charge in [-0.2, -0.15) is 0 Å². The Labute approximate surface area is 175 Å². The van der Waals surface area contributed by atoms with Crippen molar-refractivity contribution in [1.82, 2.24) is 0 Å². The highest BCUT2D eigenvalue weighted by atomic mass is 16.5. The number of carboxylic acid groups (broad SMARTS) is 1. The van der Waals surface area contributed by atoms with Gasteiger partial charge in [0.15, 0.2) is 0 Å². The Morgan fingerprint density at radius 3 is 2.14 bits per heavy atom. The molecule has 0 saturated carbocycles. The topological polar surface area (TPSA) is 124 Å². The van der Waals surface area contributed by atoms with Crippen molar-refractivity contribution < 1.29 is 34.8 Å². The van der Waals surface area contributed by atoms with Gasteiger partial charge in [0.1, 0.15) is 6.10 Å². The lowest BCUT2D eigenvalue weighted by molar-refractivity contribution is -0.169. The second-order valence-corrected chi connectivity index (χ2v) is 9.55.